The second kappa shape index (κ2) is 45.8. The van der Waals surface area contributed by atoms with E-state index in [0.29, 0.717) is 19.3 Å². The van der Waals surface area contributed by atoms with Gasteiger partial charge in [-0.3, -0.25) is 4.79 Å². The van der Waals surface area contributed by atoms with E-state index in [4.69, 9.17) is 9.47 Å². The number of ether oxygens (including phenoxy) is 2. The molecule has 1 heterocycles. The highest BCUT2D eigenvalue weighted by Gasteiger charge is 2.44. The number of aliphatic hydroxyl groups is 6. The average Bonchev–Trinajstić information content (AvgIpc) is 3.32. The van der Waals surface area contributed by atoms with Gasteiger partial charge in [0.05, 0.1) is 25.4 Å². The third-order valence-corrected chi connectivity index (χ3v) is 13.3. The van der Waals surface area contributed by atoms with Gasteiger partial charge in [-0.1, -0.05) is 249 Å². The zero-order chi connectivity index (χ0) is 48.1. The number of allylic oxidation sites excluding steroid dienone is 5. The minimum atomic E-state index is -1.62. The van der Waals surface area contributed by atoms with E-state index in [9.17, 15) is 35.4 Å². The van der Waals surface area contributed by atoms with Crippen LogP contribution in [0.5, 0.6) is 0 Å². The fraction of sp³-hybridized carbons (Fsp3) is 0.875. The van der Waals surface area contributed by atoms with Crippen LogP contribution in [0.1, 0.15) is 251 Å². The Labute approximate surface area is 404 Å². The number of carbonyl (C=O) groups excluding carboxylic acids is 1. The van der Waals surface area contributed by atoms with Crippen molar-refractivity contribution in [1.29, 1.82) is 0 Å². The first-order chi connectivity index (χ1) is 32.3. The van der Waals surface area contributed by atoms with E-state index in [2.05, 4.69) is 43.5 Å². The van der Waals surface area contributed by atoms with Crippen LogP contribution in [0.4, 0.5) is 0 Å². The van der Waals surface area contributed by atoms with Crippen LogP contribution in [0.15, 0.2) is 36.5 Å². The predicted molar refractivity (Wildman–Crippen MR) is 273 cm³/mol. The minimum Gasteiger partial charge on any atom is -0.394 e. The van der Waals surface area contributed by atoms with Crippen molar-refractivity contribution in [3.05, 3.63) is 36.5 Å². The van der Waals surface area contributed by atoms with Crippen LogP contribution in [0, 0.1) is 0 Å². The van der Waals surface area contributed by atoms with E-state index in [1.165, 1.54) is 167 Å². The number of carbonyl (C=O) groups is 1. The van der Waals surface area contributed by atoms with Gasteiger partial charge < -0.3 is 45.4 Å². The lowest BCUT2D eigenvalue weighted by molar-refractivity contribution is -0.302. The highest BCUT2D eigenvalue weighted by molar-refractivity contribution is 5.80. The lowest BCUT2D eigenvalue weighted by Gasteiger charge is -2.40. The molecule has 0 aromatic heterocycles. The third kappa shape index (κ3) is 34.6. The van der Waals surface area contributed by atoms with Crippen LogP contribution < -0.4 is 5.32 Å². The van der Waals surface area contributed by atoms with Crippen LogP contribution in [0.25, 0.3) is 0 Å². The highest BCUT2D eigenvalue weighted by Crippen LogP contribution is 2.23. The predicted octanol–water partition coefficient (Wildman–Crippen LogP) is 12.2. The summed E-state index contributed by atoms with van der Waals surface area (Å²) < 4.78 is 11.1. The number of hydrogen-bond donors (Lipinski definition) is 7. The van der Waals surface area contributed by atoms with E-state index in [1.54, 1.807) is 6.08 Å². The Hall–Kier alpha value is -1.63. The van der Waals surface area contributed by atoms with Crippen molar-refractivity contribution in [1.82, 2.24) is 5.32 Å². The summed E-state index contributed by atoms with van der Waals surface area (Å²) in [5.41, 5.74) is 0. The maximum Gasteiger partial charge on any atom is 0.249 e. The van der Waals surface area contributed by atoms with E-state index in [0.717, 1.165) is 51.4 Å². The topological polar surface area (TPSA) is 169 Å². The summed E-state index contributed by atoms with van der Waals surface area (Å²) in [4.78, 5) is 13.1. The van der Waals surface area contributed by atoms with Crippen molar-refractivity contribution >= 4 is 5.91 Å². The fourth-order valence-corrected chi connectivity index (χ4v) is 8.79. The summed E-state index contributed by atoms with van der Waals surface area (Å²) in [5, 5.41) is 64.7. The third-order valence-electron chi connectivity index (χ3n) is 13.3. The standard InChI is InChI=1S/C56H105NO9/c1-3-5-7-9-11-13-15-16-17-18-19-20-21-22-23-24-25-26-27-28-29-30-31-32-33-35-37-39-41-43-45-50(60)55(64)57-48(47-65-56-54(63)53(62)52(61)51(46-58)66-56)49(59)44-42-40-38-36-34-14-12-10-8-6-4-2/h8,10,34,36,42,44,48-54,56,58-63H,3-7,9,11-33,35,37-41,43,45-47H2,1-2H3,(H,57,64)/b10-8+,36-34+,44-42+. The van der Waals surface area contributed by atoms with Gasteiger partial charge in [-0.25, -0.2) is 0 Å². The Morgan fingerprint density at radius 3 is 1.29 bits per heavy atom. The summed E-state index contributed by atoms with van der Waals surface area (Å²) in [5.74, 6) is -0.629. The molecule has 1 fully saturated rings. The van der Waals surface area contributed by atoms with Gasteiger partial charge in [0.2, 0.25) is 5.91 Å². The average molecular weight is 936 g/mol. The quantitative estimate of drug-likeness (QED) is 0.0232. The van der Waals surface area contributed by atoms with Gasteiger partial charge in [0.15, 0.2) is 6.29 Å². The Balaban J connectivity index is 2.16. The minimum absolute atomic E-state index is 0.304. The van der Waals surface area contributed by atoms with Crippen molar-refractivity contribution < 1.29 is 44.9 Å². The molecule has 66 heavy (non-hydrogen) atoms. The first-order valence-corrected chi connectivity index (χ1v) is 27.8. The molecule has 1 saturated heterocycles. The number of hydrogen-bond acceptors (Lipinski definition) is 9. The molecule has 0 saturated carbocycles. The van der Waals surface area contributed by atoms with Crippen molar-refractivity contribution in [3.8, 4) is 0 Å². The van der Waals surface area contributed by atoms with Gasteiger partial charge in [-0.15, -0.1) is 0 Å². The van der Waals surface area contributed by atoms with Crippen LogP contribution in [0.3, 0.4) is 0 Å². The van der Waals surface area contributed by atoms with E-state index in [-0.39, 0.29) is 6.61 Å². The van der Waals surface area contributed by atoms with Gasteiger partial charge in [0.25, 0.3) is 0 Å². The zero-order valence-electron chi connectivity index (χ0n) is 42.6. The van der Waals surface area contributed by atoms with Gasteiger partial charge in [0.1, 0.15) is 30.5 Å². The van der Waals surface area contributed by atoms with Crippen molar-refractivity contribution in [2.45, 2.75) is 300 Å². The molecule has 0 aliphatic carbocycles. The maximum absolute atomic E-state index is 13.1. The molecule has 10 heteroatoms. The van der Waals surface area contributed by atoms with E-state index < -0.39 is 61.5 Å². The highest BCUT2D eigenvalue weighted by atomic mass is 16.7. The van der Waals surface area contributed by atoms with E-state index in [1.807, 2.05) is 6.08 Å². The largest absolute Gasteiger partial charge is 0.394 e. The molecule has 388 valence electrons. The molecule has 0 radical (unpaired) electrons. The first-order valence-electron chi connectivity index (χ1n) is 27.8. The second-order valence-electron chi connectivity index (χ2n) is 19.5. The number of nitrogens with one attached hydrogen (secondary N) is 1. The SMILES string of the molecule is CCC/C=C/CC/C=C/CC/C=C/C(O)C(COC1OC(CO)C(O)C(O)C1O)NC(=O)C(O)CCCCCCCCCCCCCCCCCCCCCCCCCCCCCCCC. The smallest absolute Gasteiger partial charge is 0.249 e. The molecule has 1 amide bonds. The van der Waals surface area contributed by atoms with Crippen LogP contribution in [0.2, 0.25) is 0 Å². The molecule has 0 spiro atoms. The van der Waals surface area contributed by atoms with Gasteiger partial charge in [-0.2, -0.15) is 0 Å². The fourth-order valence-electron chi connectivity index (χ4n) is 8.79. The lowest BCUT2D eigenvalue weighted by atomic mass is 9.99. The summed E-state index contributed by atoms with van der Waals surface area (Å²) in [6.45, 7) is 3.53. The maximum atomic E-state index is 13.1. The Bertz CT molecular complexity index is 1150. The normalized spacial score (nSPS) is 20.5. The first kappa shape index (κ1) is 62.4. The molecule has 10 nitrogen and oxygen atoms in total. The van der Waals surface area contributed by atoms with Crippen molar-refractivity contribution in [2.75, 3.05) is 13.2 Å². The molecular formula is C56H105NO9. The molecule has 7 N–H and O–H groups in total. The number of rotatable bonds is 47. The monoisotopic (exact) mass is 936 g/mol. The van der Waals surface area contributed by atoms with Crippen LogP contribution >= 0.6 is 0 Å². The van der Waals surface area contributed by atoms with Gasteiger partial charge in [0, 0.05) is 0 Å². The van der Waals surface area contributed by atoms with Crippen molar-refractivity contribution in [2.24, 2.45) is 0 Å². The summed E-state index contributed by atoms with van der Waals surface area (Å²) in [7, 11) is 0. The molecular weight excluding hydrogens is 831 g/mol. The Morgan fingerprint density at radius 1 is 0.515 bits per heavy atom. The molecule has 8 atom stereocenters. The molecule has 8 unspecified atom stereocenters. The Kier molecular flexibility index (Phi) is 43.3. The van der Waals surface area contributed by atoms with Gasteiger partial charge >= 0.3 is 0 Å². The van der Waals surface area contributed by atoms with Gasteiger partial charge in [-0.05, 0) is 38.5 Å². The molecule has 0 aromatic carbocycles. The molecule has 1 aliphatic rings. The summed E-state index contributed by atoms with van der Waals surface area (Å²) >= 11 is 0. The molecule has 0 bridgehead atoms. The van der Waals surface area contributed by atoms with Crippen LogP contribution in [-0.4, -0.2) is 98.7 Å². The lowest BCUT2D eigenvalue weighted by Crippen LogP contribution is -2.60. The number of aliphatic hydroxyl groups excluding tert-OH is 6. The Morgan fingerprint density at radius 2 is 0.894 bits per heavy atom. The summed E-state index contributed by atoms with van der Waals surface area (Å²) in [6.07, 6.45) is 48.5. The molecule has 1 rings (SSSR count). The van der Waals surface area contributed by atoms with Crippen molar-refractivity contribution in [3.63, 3.8) is 0 Å². The molecule has 1 aliphatic heterocycles. The number of unbranched alkanes of at least 4 members (excludes halogenated alkanes) is 32. The zero-order valence-corrected chi connectivity index (χ0v) is 42.6. The summed E-state index contributed by atoms with van der Waals surface area (Å²) in [6, 6.07) is -1.00. The van der Waals surface area contributed by atoms with Crippen LogP contribution in [-0.2, 0) is 14.3 Å². The number of amides is 1. The molecule has 0 aromatic rings. The second-order valence-corrected chi connectivity index (χ2v) is 19.5. The van der Waals surface area contributed by atoms with E-state index >= 15 is 0 Å².